The first-order valence-corrected chi connectivity index (χ1v) is 12.5. The molecule has 36 heavy (non-hydrogen) atoms. The first kappa shape index (κ1) is 25.5. The zero-order valence-corrected chi connectivity index (χ0v) is 22.3. The molecule has 0 saturated heterocycles. The molecule has 186 valence electrons. The third-order valence-electron chi connectivity index (χ3n) is 5.74. The summed E-state index contributed by atoms with van der Waals surface area (Å²) in [4.78, 5) is 42.7. The summed E-state index contributed by atoms with van der Waals surface area (Å²) in [6, 6.07) is 9.19. The summed E-state index contributed by atoms with van der Waals surface area (Å²) in [6.45, 7) is 5.11. The fraction of sp³-hybridized carbons (Fsp3) is 0.240. The van der Waals surface area contributed by atoms with Gasteiger partial charge in [0.15, 0.2) is 4.80 Å². The van der Waals surface area contributed by atoms with Crippen LogP contribution in [0.15, 0.2) is 61.9 Å². The zero-order valence-electron chi connectivity index (χ0n) is 19.9. The van der Waals surface area contributed by atoms with Crippen LogP contribution < -0.4 is 19.6 Å². The molecule has 9 nitrogen and oxygen atoms in total. The largest absolute Gasteiger partial charge is 0.496 e. The van der Waals surface area contributed by atoms with E-state index in [9.17, 15) is 19.7 Å². The molecule has 1 atom stereocenters. The Kier molecular flexibility index (Phi) is 7.23. The Balaban J connectivity index is 1.97. The van der Waals surface area contributed by atoms with Crippen molar-refractivity contribution < 1.29 is 19.2 Å². The first-order chi connectivity index (χ1) is 17.2. The molecule has 0 radical (unpaired) electrons. The summed E-state index contributed by atoms with van der Waals surface area (Å²) in [6.07, 6.45) is 1.73. The molecule has 4 rings (SSSR count). The van der Waals surface area contributed by atoms with Gasteiger partial charge in [-0.1, -0.05) is 29.5 Å². The van der Waals surface area contributed by atoms with E-state index in [1.807, 2.05) is 12.1 Å². The molecule has 3 aromatic rings. The second-order valence-electron chi connectivity index (χ2n) is 8.00. The van der Waals surface area contributed by atoms with E-state index in [-0.39, 0.29) is 23.4 Å². The third kappa shape index (κ3) is 4.63. The normalized spacial score (nSPS) is 15.4. The lowest BCUT2D eigenvalue weighted by atomic mass is 9.94. The highest BCUT2D eigenvalue weighted by Crippen LogP contribution is 2.33. The van der Waals surface area contributed by atoms with Gasteiger partial charge in [-0.2, -0.15) is 0 Å². The van der Waals surface area contributed by atoms with Crippen LogP contribution in [-0.4, -0.2) is 29.2 Å². The number of hydrogen-bond acceptors (Lipinski definition) is 8. The van der Waals surface area contributed by atoms with Crippen LogP contribution in [0.25, 0.3) is 6.08 Å². The molecule has 2 heterocycles. The Hall–Kier alpha value is -3.57. The number of fused-ring (bicyclic) bond motifs is 1. The summed E-state index contributed by atoms with van der Waals surface area (Å²) in [5.74, 6) is 0.0321. The van der Waals surface area contributed by atoms with Gasteiger partial charge in [0.05, 0.1) is 45.0 Å². The number of ether oxygens (including phenoxy) is 2. The van der Waals surface area contributed by atoms with E-state index in [0.29, 0.717) is 31.9 Å². The van der Waals surface area contributed by atoms with E-state index in [0.717, 1.165) is 10.0 Å². The summed E-state index contributed by atoms with van der Waals surface area (Å²) >= 11 is 4.63. The Morgan fingerprint density at radius 2 is 2.03 bits per heavy atom. The van der Waals surface area contributed by atoms with E-state index in [4.69, 9.17) is 9.47 Å². The Morgan fingerprint density at radius 3 is 2.67 bits per heavy atom. The molecule has 0 saturated carbocycles. The molecule has 1 aromatic heterocycles. The van der Waals surface area contributed by atoms with Crippen LogP contribution in [0.3, 0.4) is 0 Å². The van der Waals surface area contributed by atoms with Crippen molar-refractivity contribution in [2.45, 2.75) is 26.8 Å². The van der Waals surface area contributed by atoms with Crippen LogP contribution in [0.2, 0.25) is 0 Å². The molecule has 0 amide bonds. The molecule has 0 aliphatic carbocycles. The van der Waals surface area contributed by atoms with Crippen molar-refractivity contribution in [1.82, 2.24) is 4.57 Å². The Morgan fingerprint density at radius 1 is 1.28 bits per heavy atom. The second kappa shape index (κ2) is 10.2. The van der Waals surface area contributed by atoms with Crippen molar-refractivity contribution in [2.75, 3.05) is 13.7 Å². The van der Waals surface area contributed by atoms with Crippen molar-refractivity contribution in [3.05, 3.63) is 98.6 Å². The summed E-state index contributed by atoms with van der Waals surface area (Å²) in [7, 11) is 1.57. The number of methoxy groups -OCH3 is 1. The molecule has 0 fully saturated rings. The Labute approximate surface area is 218 Å². The number of aryl methyl sites for hydroxylation is 1. The molecule has 0 bridgehead atoms. The molecule has 2 aromatic carbocycles. The van der Waals surface area contributed by atoms with E-state index >= 15 is 0 Å². The number of rotatable bonds is 6. The molecular formula is C25H22BrN3O6S. The maximum Gasteiger partial charge on any atom is 0.338 e. The predicted octanol–water partition coefficient (Wildman–Crippen LogP) is 3.79. The number of nitro groups is 1. The quantitative estimate of drug-likeness (QED) is 0.253. The number of benzene rings is 2. The molecular weight excluding hydrogens is 550 g/mol. The SMILES string of the molecule is CCOC(=O)C1=C(C)N=c2s/c(=C/c3ccc(OC)c(Br)c3)c(=O)n2[C@@H]1c1ccc(C)c([N+](=O)[O-])c1. The Bertz CT molecular complexity index is 1600. The standard InChI is InChI=1S/C25H22BrN3O6S/c1-5-35-24(31)21-14(3)27-25-28(22(21)16-8-6-13(2)18(12-16)29(32)33)23(30)20(36-25)11-15-7-9-19(34-4)17(26)10-15/h6-12,22H,5H2,1-4H3/b20-11+/t22-/m1/s1. The minimum atomic E-state index is -0.927. The van der Waals surface area contributed by atoms with Crippen molar-refractivity contribution in [2.24, 2.45) is 4.99 Å². The van der Waals surface area contributed by atoms with Crippen molar-refractivity contribution in [1.29, 1.82) is 0 Å². The lowest BCUT2D eigenvalue weighted by Crippen LogP contribution is -2.40. The van der Waals surface area contributed by atoms with Gasteiger partial charge in [-0.05, 0) is 66.0 Å². The van der Waals surface area contributed by atoms with Crippen LogP contribution in [0, 0.1) is 17.0 Å². The number of allylic oxidation sites excluding steroid dienone is 1. The van der Waals surface area contributed by atoms with Crippen molar-refractivity contribution >= 4 is 45.0 Å². The fourth-order valence-corrected chi connectivity index (χ4v) is 5.63. The highest BCUT2D eigenvalue weighted by Gasteiger charge is 2.34. The van der Waals surface area contributed by atoms with Crippen LogP contribution >= 0.6 is 27.3 Å². The van der Waals surface area contributed by atoms with E-state index in [1.165, 1.54) is 22.0 Å². The van der Waals surface area contributed by atoms with E-state index in [2.05, 4.69) is 20.9 Å². The minimum Gasteiger partial charge on any atom is -0.496 e. The van der Waals surface area contributed by atoms with Gasteiger partial charge in [-0.3, -0.25) is 19.5 Å². The molecule has 1 aliphatic rings. The van der Waals surface area contributed by atoms with Gasteiger partial charge in [0.25, 0.3) is 11.2 Å². The fourth-order valence-electron chi connectivity index (χ4n) is 4.02. The maximum absolute atomic E-state index is 13.7. The summed E-state index contributed by atoms with van der Waals surface area (Å²) in [5, 5.41) is 11.6. The second-order valence-corrected chi connectivity index (χ2v) is 9.86. The zero-order chi connectivity index (χ0) is 26.1. The summed E-state index contributed by atoms with van der Waals surface area (Å²) in [5.41, 5.74) is 1.74. The number of halogens is 1. The summed E-state index contributed by atoms with van der Waals surface area (Å²) < 4.78 is 13.1. The number of hydrogen-bond donors (Lipinski definition) is 0. The predicted molar refractivity (Wildman–Crippen MR) is 139 cm³/mol. The first-order valence-electron chi connectivity index (χ1n) is 10.9. The van der Waals surface area contributed by atoms with E-state index in [1.54, 1.807) is 52.2 Å². The molecule has 0 N–H and O–H groups in total. The smallest absolute Gasteiger partial charge is 0.338 e. The third-order valence-corrected chi connectivity index (χ3v) is 7.34. The minimum absolute atomic E-state index is 0.101. The van der Waals surface area contributed by atoms with Crippen molar-refractivity contribution in [3.63, 3.8) is 0 Å². The number of carbonyl (C=O) groups is 1. The van der Waals surface area contributed by atoms with Crippen LogP contribution in [-0.2, 0) is 9.53 Å². The number of nitro benzene ring substituents is 1. The molecule has 11 heteroatoms. The van der Waals surface area contributed by atoms with Gasteiger partial charge in [-0.25, -0.2) is 9.79 Å². The average Bonchev–Trinajstić information content (AvgIpc) is 3.13. The molecule has 0 unspecified atom stereocenters. The molecule has 0 spiro atoms. The van der Waals surface area contributed by atoms with Crippen LogP contribution in [0.5, 0.6) is 5.75 Å². The van der Waals surface area contributed by atoms with E-state index < -0.39 is 16.9 Å². The number of aromatic nitrogens is 1. The monoisotopic (exact) mass is 571 g/mol. The lowest BCUT2D eigenvalue weighted by Gasteiger charge is -2.24. The van der Waals surface area contributed by atoms with Gasteiger partial charge in [0, 0.05) is 11.6 Å². The van der Waals surface area contributed by atoms with Gasteiger partial charge >= 0.3 is 5.97 Å². The van der Waals surface area contributed by atoms with Crippen LogP contribution in [0.1, 0.15) is 36.6 Å². The van der Waals surface area contributed by atoms with Gasteiger partial charge in [0.1, 0.15) is 5.75 Å². The highest BCUT2D eigenvalue weighted by molar-refractivity contribution is 9.10. The van der Waals surface area contributed by atoms with Gasteiger partial charge in [0.2, 0.25) is 0 Å². The number of esters is 1. The van der Waals surface area contributed by atoms with Gasteiger partial charge in [-0.15, -0.1) is 0 Å². The topological polar surface area (TPSA) is 113 Å². The van der Waals surface area contributed by atoms with Gasteiger partial charge < -0.3 is 9.47 Å². The number of carbonyl (C=O) groups excluding carboxylic acids is 1. The number of nitrogens with zero attached hydrogens (tertiary/aromatic N) is 3. The highest BCUT2D eigenvalue weighted by atomic mass is 79.9. The van der Waals surface area contributed by atoms with Crippen molar-refractivity contribution in [3.8, 4) is 5.75 Å². The number of thiazole rings is 1. The molecule has 1 aliphatic heterocycles. The maximum atomic E-state index is 13.7. The lowest BCUT2D eigenvalue weighted by molar-refractivity contribution is -0.385. The average molecular weight is 572 g/mol. The van der Waals surface area contributed by atoms with Crippen LogP contribution in [0.4, 0.5) is 5.69 Å².